The third-order valence-corrected chi connectivity index (χ3v) is 5.47. The second kappa shape index (κ2) is 11.1. The lowest BCUT2D eigenvalue weighted by Crippen LogP contribution is -2.38. The first kappa shape index (κ1) is 25.2. The molecule has 0 aliphatic carbocycles. The van der Waals surface area contributed by atoms with Crippen LogP contribution in [-0.4, -0.2) is 11.8 Å². The van der Waals surface area contributed by atoms with Crippen molar-refractivity contribution in [2.24, 2.45) is 0 Å². The summed E-state index contributed by atoms with van der Waals surface area (Å²) in [5, 5.41) is 3.35. The van der Waals surface area contributed by atoms with E-state index < -0.39 is 5.79 Å². The van der Waals surface area contributed by atoms with Gasteiger partial charge < -0.3 is 14.8 Å². The topological polar surface area (TPSA) is 47.6 Å². The third kappa shape index (κ3) is 6.56. The van der Waals surface area contributed by atoms with E-state index in [0.29, 0.717) is 17.9 Å². The van der Waals surface area contributed by atoms with Gasteiger partial charge in [-0.05, 0) is 66.4 Å². The van der Waals surface area contributed by atoms with Crippen molar-refractivity contribution in [1.29, 1.82) is 0 Å². The molecule has 3 aromatic rings. The Kier molecular flexibility index (Phi) is 8.26. The van der Waals surface area contributed by atoms with Gasteiger partial charge in [0.1, 0.15) is 11.3 Å². The summed E-state index contributed by atoms with van der Waals surface area (Å²) in [4.78, 5) is 12.2. The lowest BCUT2D eigenvalue weighted by atomic mass is 10.1. The predicted molar refractivity (Wildman–Crippen MR) is 139 cm³/mol. The SMILES string of the molecule is CCCCc1ccc(C#Cc2ccc(CNc3ccc4c(c3)C(=O)OC(C)(C)O4)cc2)cc1.Cl. The number of ether oxygens (including phenoxy) is 2. The van der Waals surface area contributed by atoms with Gasteiger partial charge in [0, 0.05) is 37.2 Å². The summed E-state index contributed by atoms with van der Waals surface area (Å²) < 4.78 is 11.0. The molecule has 0 unspecified atom stereocenters. The Hall–Kier alpha value is -3.42. The van der Waals surface area contributed by atoms with Crippen LogP contribution in [0.5, 0.6) is 5.75 Å². The van der Waals surface area contributed by atoms with Gasteiger partial charge in [-0.25, -0.2) is 4.79 Å². The molecule has 0 saturated heterocycles. The van der Waals surface area contributed by atoms with Gasteiger partial charge in [-0.3, -0.25) is 0 Å². The molecule has 4 nitrogen and oxygen atoms in total. The summed E-state index contributed by atoms with van der Waals surface area (Å²) in [6.45, 7) is 6.28. The van der Waals surface area contributed by atoms with Crippen molar-refractivity contribution in [3.63, 3.8) is 0 Å². The molecule has 0 fully saturated rings. The molecule has 34 heavy (non-hydrogen) atoms. The summed E-state index contributed by atoms with van der Waals surface area (Å²) in [6.07, 6.45) is 3.56. The molecule has 0 atom stereocenters. The van der Waals surface area contributed by atoms with Gasteiger partial charge in [-0.2, -0.15) is 0 Å². The molecule has 1 aliphatic heterocycles. The van der Waals surface area contributed by atoms with Crippen LogP contribution in [0.3, 0.4) is 0 Å². The zero-order valence-electron chi connectivity index (χ0n) is 19.8. The predicted octanol–water partition coefficient (Wildman–Crippen LogP) is 6.75. The molecule has 0 spiro atoms. The highest BCUT2D eigenvalue weighted by molar-refractivity contribution is 5.94. The van der Waals surface area contributed by atoms with Crippen molar-refractivity contribution in [3.05, 3.63) is 94.5 Å². The second-order valence-corrected chi connectivity index (χ2v) is 8.70. The average Bonchev–Trinajstić information content (AvgIpc) is 2.81. The molecule has 0 radical (unpaired) electrons. The fourth-order valence-corrected chi connectivity index (χ4v) is 3.64. The maximum absolute atomic E-state index is 12.2. The lowest BCUT2D eigenvalue weighted by molar-refractivity contribution is -0.127. The van der Waals surface area contributed by atoms with Gasteiger partial charge in [0.25, 0.3) is 0 Å². The maximum Gasteiger partial charge on any atom is 0.345 e. The fourth-order valence-electron chi connectivity index (χ4n) is 3.64. The number of carbonyl (C=O) groups excluding carboxylic acids is 1. The van der Waals surface area contributed by atoms with Gasteiger partial charge in [0.15, 0.2) is 0 Å². The van der Waals surface area contributed by atoms with Crippen molar-refractivity contribution < 1.29 is 14.3 Å². The first-order valence-corrected chi connectivity index (χ1v) is 11.4. The number of unbranched alkanes of at least 4 members (excludes halogenated alkanes) is 1. The van der Waals surface area contributed by atoms with E-state index in [4.69, 9.17) is 9.47 Å². The average molecular weight is 476 g/mol. The van der Waals surface area contributed by atoms with E-state index in [1.165, 1.54) is 18.4 Å². The quantitative estimate of drug-likeness (QED) is 0.316. The number of carbonyl (C=O) groups is 1. The molecular formula is C29H30ClNO3. The number of fused-ring (bicyclic) bond motifs is 1. The van der Waals surface area contributed by atoms with Crippen molar-refractivity contribution in [2.75, 3.05) is 5.32 Å². The zero-order valence-corrected chi connectivity index (χ0v) is 20.6. The molecule has 0 bridgehead atoms. The summed E-state index contributed by atoms with van der Waals surface area (Å²) >= 11 is 0. The molecule has 1 N–H and O–H groups in total. The van der Waals surface area contributed by atoms with E-state index in [-0.39, 0.29) is 18.4 Å². The van der Waals surface area contributed by atoms with Crippen LogP contribution < -0.4 is 10.1 Å². The number of anilines is 1. The number of hydrogen-bond acceptors (Lipinski definition) is 4. The minimum atomic E-state index is -0.943. The molecular weight excluding hydrogens is 446 g/mol. The molecule has 0 aromatic heterocycles. The van der Waals surface area contributed by atoms with E-state index in [2.05, 4.69) is 60.5 Å². The molecule has 176 valence electrons. The Morgan fingerprint density at radius 2 is 1.47 bits per heavy atom. The second-order valence-electron chi connectivity index (χ2n) is 8.70. The lowest BCUT2D eigenvalue weighted by Gasteiger charge is -2.31. The number of nitrogens with one attached hydrogen (secondary N) is 1. The number of rotatable bonds is 6. The first-order valence-electron chi connectivity index (χ1n) is 11.4. The Morgan fingerprint density at radius 3 is 2.09 bits per heavy atom. The van der Waals surface area contributed by atoms with Gasteiger partial charge in [0.2, 0.25) is 5.79 Å². The van der Waals surface area contributed by atoms with Crippen molar-refractivity contribution in [2.45, 2.75) is 52.4 Å². The van der Waals surface area contributed by atoms with Crippen molar-refractivity contribution in [3.8, 4) is 17.6 Å². The van der Waals surface area contributed by atoms with E-state index in [0.717, 1.165) is 28.8 Å². The summed E-state index contributed by atoms with van der Waals surface area (Å²) in [5.41, 5.74) is 5.76. The third-order valence-electron chi connectivity index (χ3n) is 5.47. The van der Waals surface area contributed by atoms with Gasteiger partial charge in [0.05, 0.1) is 0 Å². The van der Waals surface area contributed by atoms with Crippen LogP contribution in [0.2, 0.25) is 0 Å². The fraction of sp³-hybridized carbons (Fsp3) is 0.276. The number of benzene rings is 3. The molecule has 0 amide bonds. The van der Waals surface area contributed by atoms with Crippen LogP contribution in [0.1, 0.15) is 66.2 Å². The monoisotopic (exact) mass is 475 g/mol. The standard InChI is InChI=1S/C29H29NO3.ClH/c1-4-5-6-21-7-9-22(10-8-21)11-12-23-13-15-24(16-14-23)20-30-25-17-18-27-26(19-25)28(31)33-29(2,3)32-27;/h7-10,13-19,30H,4-6,20H2,1-3H3;1H. The largest absolute Gasteiger partial charge is 0.452 e. The van der Waals surface area contributed by atoms with Crippen LogP contribution in [0.15, 0.2) is 66.7 Å². The normalized spacial score (nSPS) is 13.3. The highest BCUT2D eigenvalue weighted by atomic mass is 35.5. The van der Waals surface area contributed by atoms with Gasteiger partial charge in [-0.1, -0.05) is 49.5 Å². The summed E-state index contributed by atoms with van der Waals surface area (Å²) in [7, 11) is 0. The molecule has 5 heteroatoms. The van der Waals surface area contributed by atoms with Crippen LogP contribution in [0, 0.1) is 11.8 Å². The summed E-state index contributed by atoms with van der Waals surface area (Å²) in [5.74, 6) is 5.70. The number of aryl methyl sites for hydroxylation is 1. The highest BCUT2D eigenvalue weighted by Gasteiger charge is 2.33. The van der Waals surface area contributed by atoms with E-state index in [9.17, 15) is 4.79 Å². The van der Waals surface area contributed by atoms with Crippen LogP contribution in [0.25, 0.3) is 0 Å². The van der Waals surface area contributed by atoms with E-state index in [1.807, 2.05) is 18.2 Å². The highest BCUT2D eigenvalue weighted by Crippen LogP contribution is 2.33. The van der Waals surface area contributed by atoms with E-state index >= 15 is 0 Å². The smallest absolute Gasteiger partial charge is 0.345 e. The number of hydrogen-bond donors (Lipinski definition) is 1. The van der Waals surface area contributed by atoms with Crippen LogP contribution >= 0.6 is 12.4 Å². The molecule has 3 aromatic carbocycles. The van der Waals surface area contributed by atoms with Crippen molar-refractivity contribution >= 4 is 24.1 Å². The zero-order chi connectivity index (χ0) is 23.3. The Morgan fingerprint density at radius 1 is 0.853 bits per heavy atom. The van der Waals surface area contributed by atoms with Crippen molar-refractivity contribution in [1.82, 2.24) is 0 Å². The number of halogens is 1. The number of cyclic esters (lactones) is 1. The van der Waals surface area contributed by atoms with Gasteiger partial charge >= 0.3 is 5.97 Å². The molecule has 4 rings (SSSR count). The molecule has 0 saturated carbocycles. The minimum absolute atomic E-state index is 0. The summed E-state index contributed by atoms with van der Waals surface area (Å²) in [6, 6.07) is 22.2. The van der Waals surface area contributed by atoms with Crippen LogP contribution in [0.4, 0.5) is 5.69 Å². The molecule has 1 aliphatic rings. The van der Waals surface area contributed by atoms with Crippen LogP contribution in [-0.2, 0) is 17.7 Å². The first-order chi connectivity index (χ1) is 15.9. The molecule has 1 heterocycles. The minimum Gasteiger partial charge on any atom is -0.452 e. The van der Waals surface area contributed by atoms with E-state index in [1.54, 1.807) is 26.0 Å². The van der Waals surface area contributed by atoms with Gasteiger partial charge in [-0.15, -0.1) is 12.4 Å². The Labute approximate surface area is 208 Å². The number of esters is 1. The maximum atomic E-state index is 12.2. The Balaban J connectivity index is 0.00000324. The Bertz CT molecular complexity index is 1190.